The summed E-state index contributed by atoms with van der Waals surface area (Å²) in [7, 11) is 0. The van der Waals surface area contributed by atoms with Crippen LogP contribution in [0.5, 0.6) is 0 Å². The summed E-state index contributed by atoms with van der Waals surface area (Å²) in [5, 5.41) is 9.54. The Morgan fingerprint density at radius 3 is 2.73 bits per heavy atom. The van der Waals surface area contributed by atoms with Crippen molar-refractivity contribution < 1.29 is 5.11 Å². The molecule has 0 radical (unpaired) electrons. The normalized spacial score (nSPS) is 10.5. The predicted molar refractivity (Wildman–Crippen MR) is 45.3 cm³/mol. The first kappa shape index (κ1) is 8.64. The Balaban J connectivity index is 2.92. The Morgan fingerprint density at radius 1 is 1.64 bits per heavy atom. The van der Waals surface area contributed by atoms with Gasteiger partial charge in [0.2, 0.25) is 0 Å². The average molecular weight is 172 g/mol. The van der Waals surface area contributed by atoms with Crippen molar-refractivity contribution in [2.45, 2.75) is 26.5 Å². The number of nitrogens with two attached hydrogens (primary N) is 1. The first-order valence-corrected chi connectivity index (χ1v) is 4.41. The van der Waals surface area contributed by atoms with E-state index in [4.69, 9.17) is 10.8 Å². The summed E-state index contributed by atoms with van der Waals surface area (Å²) in [5.74, 6) is 0. The summed E-state index contributed by atoms with van der Waals surface area (Å²) in [6.07, 6.45) is 0.892. The molecule has 0 saturated heterocycles. The molecule has 0 amide bonds. The Labute approximate surface area is 69.9 Å². The van der Waals surface area contributed by atoms with E-state index in [2.05, 4.69) is 4.98 Å². The number of aliphatic hydroxyl groups is 1. The molecule has 0 fully saturated rings. The van der Waals surface area contributed by atoms with Gasteiger partial charge in [-0.3, -0.25) is 0 Å². The number of hydrogen-bond acceptors (Lipinski definition) is 4. The molecule has 3 N–H and O–H groups in total. The van der Waals surface area contributed by atoms with Gasteiger partial charge >= 0.3 is 0 Å². The highest BCUT2D eigenvalue weighted by atomic mass is 32.1. The second kappa shape index (κ2) is 3.80. The van der Waals surface area contributed by atoms with E-state index >= 15 is 0 Å². The van der Waals surface area contributed by atoms with Crippen LogP contribution < -0.4 is 5.73 Å². The van der Waals surface area contributed by atoms with Crippen LogP contribution in [-0.4, -0.2) is 10.1 Å². The molecular formula is C7H12N2OS. The van der Waals surface area contributed by atoms with Crippen molar-refractivity contribution in [3.05, 3.63) is 15.6 Å². The standard InChI is InChI=1S/C7H12N2OS/c1-2-5-6(3-8)11-7(4-10)9-5/h10H,2-4,8H2,1H3. The van der Waals surface area contributed by atoms with Crippen LogP contribution >= 0.6 is 11.3 Å². The van der Waals surface area contributed by atoms with Gasteiger partial charge in [-0.2, -0.15) is 0 Å². The molecule has 0 aromatic carbocycles. The van der Waals surface area contributed by atoms with Gasteiger partial charge in [0.05, 0.1) is 12.3 Å². The smallest absolute Gasteiger partial charge is 0.119 e. The Bertz CT molecular complexity index is 213. The number of aliphatic hydroxyl groups excluding tert-OH is 1. The van der Waals surface area contributed by atoms with Gasteiger partial charge in [-0.1, -0.05) is 6.92 Å². The van der Waals surface area contributed by atoms with E-state index in [0.717, 1.165) is 22.0 Å². The predicted octanol–water partition coefficient (Wildman–Crippen LogP) is 0.657. The zero-order chi connectivity index (χ0) is 8.27. The van der Waals surface area contributed by atoms with E-state index in [-0.39, 0.29) is 6.61 Å². The van der Waals surface area contributed by atoms with Gasteiger partial charge < -0.3 is 10.8 Å². The van der Waals surface area contributed by atoms with Gasteiger partial charge in [0, 0.05) is 11.4 Å². The van der Waals surface area contributed by atoms with E-state index in [0.29, 0.717) is 6.54 Å². The molecule has 1 aromatic heterocycles. The summed E-state index contributed by atoms with van der Waals surface area (Å²) in [6, 6.07) is 0. The van der Waals surface area contributed by atoms with Crippen LogP contribution in [0.3, 0.4) is 0 Å². The molecule has 1 aromatic rings. The van der Waals surface area contributed by atoms with Gasteiger partial charge in [-0.15, -0.1) is 11.3 Å². The van der Waals surface area contributed by atoms with E-state index in [1.807, 2.05) is 6.92 Å². The van der Waals surface area contributed by atoms with Crippen molar-refractivity contribution >= 4 is 11.3 Å². The van der Waals surface area contributed by atoms with Gasteiger partial charge in [0.25, 0.3) is 0 Å². The van der Waals surface area contributed by atoms with Gasteiger partial charge in [-0.05, 0) is 6.42 Å². The molecule has 0 aliphatic rings. The fourth-order valence-electron chi connectivity index (χ4n) is 0.940. The summed E-state index contributed by atoms with van der Waals surface area (Å²) >= 11 is 1.50. The van der Waals surface area contributed by atoms with Gasteiger partial charge in [0.1, 0.15) is 5.01 Å². The van der Waals surface area contributed by atoms with E-state index in [1.54, 1.807) is 0 Å². The van der Waals surface area contributed by atoms with Gasteiger partial charge in [-0.25, -0.2) is 4.98 Å². The van der Waals surface area contributed by atoms with Crippen molar-refractivity contribution in [2.75, 3.05) is 0 Å². The molecule has 62 valence electrons. The third-order valence-electron chi connectivity index (χ3n) is 1.48. The molecule has 0 atom stereocenters. The first-order chi connectivity index (χ1) is 5.31. The largest absolute Gasteiger partial charge is 0.389 e. The summed E-state index contributed by atoms with van der Waals surface area (Å²) in [5.41, 5.74) is 6.51. The highest BCUT2D eigenvalue weighted by Crippen LogP contribution is 2.18. The van der Waals surface area contributed by atoms with Crippen molar-refractivity contribution in [1.82, 2.24) is 4.98 Å². The number of hydrogen-bond donors (Lipinski definition) is 2. The average Bonchev–Trinajstić information content (AvgIpc) is 2.46. The maximum absolute atomic E-state index is 8.77. The van der Waals surface area contributed by atoms with Crippen molar-refractivity contribution in [2.24, 2.45) is 5.73 Å². The highest BCUT2D eigenvalue weighted by molar-refractivity contribution is 7.11. The number of thiazole rings is 1. The monoisotopic (exact) mass is 172 g/mol. The van der Waals surface area contributed by atoms with Crippen molar-refractivity contribution in [3.63, 3.8) is 0 Å². The number of aryl methyl sites for hydroxylation is 1. The molecule has 0 aliphatic carbocycles. The molecule has 4 heteroatoms. The minimum absolute atomic E-state index is 0.0255. The number of nitrogens with zero attached hydrogens (tertiary/aromatic N) is 1. The second-order valence-electron chi connectivity index (χ2n) is 2.19. The van der Waals surface area contributed by atoms with Crippen molar-refractivity contribution in [3.8, 4) is 0 Å². The van der Waals surface area contributed by atoms with E-state index in [9.17, 15) is 0 Å². The molecule has 3 nitrogen and oxygen atoms in total. The maximum Gasteiger partial charge on any atom is 0.119 e. The molecule has 0 aliphatic heterocycles. The maximum atomic E-state index is 8.77. The van der Waals surface area contributed by atoms with Crippen LogP contribution in [-0.2, 0) is 19.6 Å². The topological polar surface area (TPSA) is 59.1 Å². The Kier molecular flexibility index (Phi) is 2.99. The Hall–Kier alpha value is -0.450. The lowest BCUT2D eigenvalue weighted by atomic mass is 10.3. The van der Waals surface area contributed by atoms with Crippen LogP contribution in [0.1, 0.15) is 22.5 Å². The van der Waals surface area contributed by atoms with Crippen LogP contribution in [0.2, 0.25) is 0 Å². The fraction of sp³-hybridized carbons (Fsp3) is 0.571. The molecule has 0 bridgehead atoms. The molecular weight excluding hydrogens is 160 g/mol. The number of aromatic nitrogens is 1. The van der Waals surface area contributed by atoms with Gasteiger partial charge in [0.15, 0.2) is 0 Å². The highest BCUT2D eigenvalue weighted by Gasteiger charge is 2.06. The zero-order valence-electron chi connectivity index (χ0n) is 6.50. The third kappa shape index (κ3) is 1.77. The SMILES string of the molecule is CCc1nc(CO)sc1CN. The number of rotatable bonds is 3. The molecule has 11 heavy (non-hydrogen) atoms. The van der Waals surface area contributed by atoms with E-state index < -0.39 is 0 Å². The third-order valence-corrected chi connectivity index (χ3v) is 2.58. The molecule has 0 spiro atoms. The zero-order valence-corrected chi connectivity index (χ0v) is 7.32. The van der Waals surface area contributed by atoms with Crippen LogP contribution in [0, 0.1) is 0 Å². The van der Waals surface area contributed by atoms with Crippen molar-refractivity contribution in [1.29, 1.82) is 0 Å². The molecule has 0 unspecified atom stereocenters. The lowest BCUT2D eigenvalue weighted by molar-refractivity contribution is 0.281. The second-order valence-corrected chi connectivity index (χ2v) is 3.36. The summed E-state index contributed by atoms with van der Waals surface area (Å²) in [6.45, 7) is 2.59. The summed E-state index contributed by atoms with van der Waals surface area (Å²) < 4.78 is 0. The Morgan fingerprint density at radius 2 is 2.36 bits per heavy atom. The van der Waals surface area contributed by atoms with Crippen LogP contribution in [0.15, 0.2) is 0 Å². The first-order valence-electron chi connectivity index (χ1n) is 3.60. The summed E-state index contributed by atoms with van der Waals surface area (Å²) in [4.78, 5) is 5.30. The molecule has 1 rings (SSSR count). The minimum atomic E-state index is 0.0255. The van der Waals surface area contributed by atoms with E-state index in [1.165, 1.54) is 11.3 Å². The van der Waals surface area contributed by atoms with Crippen LogP contribution in [0.4, 0.5) is 0 Å². The molecule has 0 saturated carbocycles. The minimum Gasteiger partial charge on any atom is -0.389 e. The van der Waals surface area contributed by atoms with Crippen LogP contribution in [0.25, 0.3) is 0 Å². The lowest BCUT2D eigenvalue weighted by Crippen LogP contribution is -1.96. The lowest BCUT2D eigenvalue weighted by Gasteiger charge is -1.91. The molecule has 1 heterocycles. The quantitative estimate of drug-likeness (QED) is 0.704. The fourth-order valence-corrected chi connectivity index (χ4v) is 1.84.